The number of imide groups is 1. The zero-order valence-corrected chi connectivity index (χ0v) is 9.65. The van der Waals surface area contributed by atoms with Crippen LogP contribution in [0, 0.1) is 5.41 Å². The average molecular weight is 225 g/mol. The van der Waals surface area contributed by atoms with Crippen molar-refractivity contribution in [3.8, 4) is 0 Å². The maximum absolute atomic E-state index is 11.6. The van der Waals surface area contributed by atoms with Gasteiger partial charge in [0, 0.05) is 18.7 Å². The van der Waals surface area contributed by atoms with Gasteiger partial charge in [-0.2, -0.15) is 0 Å². The fraction of sp³-hybridized carbons (Fsp3) is 0.545. The minimum Gasteiger partial charge on any atom is -0.466 e. The Hall–Kier alpha value is -1.65. The summed E-state index contributed by atoms with van der Waals surface area (Å²) in [5.74, 6) is -1.19. The summed E-state index contributed by atoms with van der Waals surface area (Å²) in [4.78, 5) is 35.2. The third-order valence-electron chi connectivity index (χ3n) is 2.28. The van der Waals surface area contributed by atoms with Crippen LogP contribution in [-0.4, -0.2) is 35.8 Å². The van der Waals surface area contributed by atoms with Crippen molar-refractivity contribution in [1.29, 1.82) is 0 Å². The molecule has 5 heteroatoms. The molecule has 0 aliphatic carbocycles. The molecule has 1 aliphatic heterocycles. The van der Waals surface area contributed by atoms with E-state index >= 15 is 0 Å². The van der Waals surface area contributed by atoms with Gasteiger partial charge in [0.2, 0.25) is 0 Å². The Bertz CT molecular complexity index is 339. The molecule has 0 saturated carbocycles. The molecule has 2 amide bonds. The van der Waals surface area contributed by atoms with Crippen LogP contribution in [0.2, 0.25) is 0 Å². The van der Waals surface area contributed by atoms with Crippen molar-refractivity contribution in [2.24, 2.45) is 5.41 Å². The van der Waals surface area contributed by atoms with Crippen LogP contribution in [0.3, 0.4) is 0 Å². The van der Waals surface area contributed by atoms with Crippen molar-refractivity contribution in [2.75, 3.05) is 13.2 Å². The number of rotatable bonds is 4. The maximum Gasteiger partial charge on any atom is 0.313 e. The number of nitrogens with zero attached hydrogens (tertiary/aromatic N) is 1. The van der Waals surface area contributed by atoms with Crippen molar-refractivity contribution in [3.05, 3.63) is 12.2 Å². The lowest BCUT2D eigenvalue weighted by molar-refractivity contribution is -0.155. The molecule has 0 aromatic carbocycles. The van der Waals surface area contributed by atoms with Gasteiger partial charge in [-0.15, -0.1) is 0 Å². The second kappa shape index (κ2) is 4.47. The first-order chi connectivity index (χ1) is 7.38. The smallest absolute Gasteiger partial charge is 0.313 e. The van der Waals surface area contributed by atoms with Crippen molar-refractivity contribution >= 4 is 17.8 Å². The third-order valence-corrected chi connectivity index (χ3v) is 2.28. The maximum atomic E-state index is 11.6. The van der Waals surface area contributed by atoms with Crippen LogP contribution in [0.4, 0.5) is 0 Å². The van der Waals surface area contributed by atoms with Crippen molar-refractivity contribution in [2.45, 2.75) is 20.8 Å². The van der Waals surface area contributed by atoms with Crippen molar-refractivity contribution < 1.29 is 19.1 Å². The number of esters is 1. The minimum absolute atomic E-state index is 0.0382. The molecule has 1 heterocycles. The van der Waals surface area contributed by atoms with Gasteiger partial charge in [-0.3, -0.25) is 19.3 Å². The van der Waals surface area contributed by atoms with Gasteiger partial charge in [0.1, 0.15) is 0 Å². The molecule has 0 bridgehead atoms. The van der Waals surface area contributed by atoms with Crippen LogP contribution in [0.5, 0.6) is 0 Å². The van der Waals surface area contributed by atoms with E-state index in [1.807, 2.05) is 0 Å². The molecule has 0 aromatic rings. The van der Waals surface area contributed by atoms with E-state index < -0.39 is 11.4 Å². The lowest BCUT2D eigenvalue weighted by Gasteiger charge is -2.26. The SMILES string of the molecule is CCOC(=O)C(C)(C)CN1C(=O)C=CC1=O. The largest absolute Gasteiger partial charge is 0.466 e. The number of carbonyl (C=O) groups is 3. The fourth-order valence-electron chi connectivity index (χ4n) is 1.37. The quantitative estimate of drug-likeness (QED) is 0.516. The van der Waals surface area contributed by atoms with Gasteiger partial charge < -0.3 is 4.74 Å². The third kappa shape index (κ3) is 2.48. The molecule has 5 nitrogen and oxygen atoms in total. The van der Waals surface area contributed by atoms with Gasteiger partial charge in [0.15, 0.2) is 0 Å². The van der Waals surface area contributed by atoms with Gasteiger partial charge >= 0.3 is 5.97 Å². The molecular formula is C11H15NO4. The van der Waals surface area contributed by atoms with Gasteiger partial charge in [0.05, 0.1) is 12.0 Å². The van der Waals surface area contributed by atoms with Gasteiger partial charge in [-0.05, 0) is 20.8 Å². The Morgan fingerprint density at radius 1 is 1.31 bits per heavy atom. The van der Waals surface area contributed by atoms with Gasteiger partial charge in [-0.25, -0.2) is 0 Å². The zero-order valence-electron chi connectivity index (χ0n) is 9.65. The molecule has 0 saturated heterocycles. The minimum atomic E-state index is -0.882. The summed E-state index contributed by atoms with van der Waals surface area (Å²) in [6, 6.07) is 0. The molecule has 0 aromatic heterocycles. The van der Waals surface area contributed by atoms with E-state index in [0.717, 1.165) is 4.90 Å². The summed E-state index contributed by atoms with van der Waals surface area (Å²) < 4.78 is 4.88. The highest BCUT2D eigenvalue weighted by molar-refractivity contribution is 6.13. The molecule has 0 spiro atoms. The molecule has 0 atom stereocenters. The van der Waals surface area contributed by atoms with E-state index in [-0.39, 0.29) is 25.0 Å². The Balaban J connectivity index is 2.69. The molecule has 1 rings (SSSR count). The Morgan fingerprint density at radius 2 is 1.81 bits per heavy atom. The van der Waals surface area contributed by atoms with E-state index in [0.29, 0.717) is 0 Å². The first kappa shape index (κ1) is 12.4. The Morgan fingerprint density at radius 3 is 2.25 bits per heavy atom. The molecule has 0 N–H and O–H groups in total. The van der Waals surface area contributed by atoms with Gasteiger partial charge in [0.25, 0.3) is 11.8 Å². The first-order valence-electron chi connectivity index (χ1n) is 5.09. The van der Waals surface area contributed by atoms with Crippen molar-refractivity contribution in [3.63, 3.8) is 0 Å². The second-order valence-electron chi connectivity index (χ2n) is 4.20. The van der Waals surface area contributed by atoms with Gasteiger partial charge in [-0.1, -0.05) is 0 Å². The summed E-state index contributed by atoms with van der Waals surface area (Å²) in [5.41, 5.74) is -0.882. The van der Waals surface area contributed by atoms with E-state index in [1.54, 1.807) is 20.8 Å². The van der Waals surface area contributed by atoms with Crippen LogP contribution >= 0.6 is 0 Å². The highest BCUT2D eigenvalue weighted by Gasteiger charge is 2.36. The fourth-order valence-corrected chi connectivity index (χ4v) is 1.37. The molecule has 0 unspecified atom stereocenters. The lowest BCUT2D eigenvalue weighted by Crippen LogP contribution is -2.43. The zero-order chi connectivity index (χ0) is 12.3. The van der Waals surface area contributed by atoms with E-state index in [4.69, 9.17) is 4.74 Å². The lowest BCUT2D eigenvalue weighted by atomic mass is 9.93. The van der Waals surface area contributed by atoms with Crippen LogP contribution in [0.25, 0.3) is 0 Å². The Kier molecular flexibility index (Phi) is 3.47. The topological polar surface area (TPSA) is 63.7 Å². The highest BCUT2D eigenvalue weighted by atomic mass is 16.5. The van der Waals surface area contributed by atoms with Crippen molar-refractivity contribution in [1.82, 2.24) is 4.90 Å². The molecule has 0 radical (unpaired) electrons. The number of ether oxygens (including phenoxy) is 1. The molecule has 88 valence electrons. The molecule has 1 aliphatic rings. The molecule has 16 heavy (non-hydrogen) atoms. The summed E-state index contributed by atoms with van der Waals surface area (Å²) in [6.45, 7) is 5.31. The predicted molar refractivity (Wildman–Crippen MR) is 56.3 cm³/mol. The summed E-state index contributed by atoms with van der Waals surface area (Å²) >= 11 is 0. The monoisotopic (exact) mass is 225 g/mol. The summed E-state index contributed by atoms with van der Waals surface area (Å²) in [5, 5.41) is 0. The van der Waals surface area contributed by atoms with E-state index in [1.165, 1.54) is 12.2 Å². The summed E-state index contributed by atoms with van der Waals surface area (Å²) in [6.07, 6.45) is 2.40. The normalized spacial score (nSPS) is 15.8. The standard InChI is InChI=1S/C11H15NO4/c1-4-16-10(15)11(2,3)7-12-8(13)5-6-9(12)14/h5-6H,4,7H2,1-3H3. The van der Waals surface area contributed by atoms with E-state index in [2.05, 4.69) is 0 Å². The highest BCUT2D eigenvalue weighted by Crippen LogP contribution is 2.21. The van der Waals surface area contributed by atoms with E-state index in [9.17, 15) is 14.4 Å². The van der Waals surface area contributed by atoms with Crippen LogP contribution in [0.1, 0.15) is 20.8 Å². The Labute approximate surface area is 94.1 Å². The molecular weight excluding hydrogens is 210 g/mol. The van der Waals surface area contributed by atoms with Crippen LogP contribution < -0.4 is 0 Å². The second-order valence-corrected chi connectivity index (χ2v) is 4.20. The number of hydrogen-bond acceptors (Lipinski definition) is 4. The van der Waals surface area contributed by atoms with Crippen LogP contribution in [0.15, 0.2) is 12.2 Å². The molecule has 0 fully saturated rings. The number of hydrogen-bond donors (Lipinski definition) is 0. The number of amides is 2. The predicted octanol–water partition coefficient (Wildman–Crippen LogP) is 0.501. The average Bonchev–Trinajstić information content (AvgIpc) is 2.49. The van der Waals surface area contributed by atoms with Crippen LogP contribution in [-0.2, 0) is 19.1 Å². The first-order valence-corrected chi connectivity index (χ1v) is 5.09. The number of carbonyl (C=O) groups excluding carboxylic acids is 3. The summed E-state index contributed by atoms with van der Waals surface area (Å²) in [7, 11) is 0.